The van der Waals surface area contributed by atoms with Crippen LogP contribution in [0.15, 0.2) is 54.9 Å². The topological polar surface area (TPSA) is 64.9 Å². The van der Waals surface area contributed by atoms with Crippen molar-refractivity contribution < 1.29 is 4.74 Å². The molecule has 24 heavy (non-hydrogen) atoms. The van der Waals surface area contributed by atoms with Gasteiger partial charge in [-0.2, -0.15) is 10.1 Å². The number of aromatic nitrogens is 4. The standard InChI is InChI=1S/C18H19N5O/c1-2-4-14(5-3-1)8-11-23-16(6-10-21-23)18-20-9-7-17(22-18)24-15-12-19-13-15/h1-7,9-10,15,19H,8,11-13H2. The number of ether oxygens (including phenoxy) is 1. The maximum atomic E-state index is 5.81. The van der Waals surface area contributed by atoms with Gasteiger partial charge in [0.2, 0.25) is 5.88 Å². The van der Waals surface area contributed by atoms with Gasteiger partial charge in [0.1, 0.15) is 11.8 Å². The summed E-state index contributed by atoms with van der Waals surface area (Å²) in [7, 11) is 0. The van der Waals surface area contributed by atoms with E-state index in [0.29, 0.717) is 11.7 Å². The van der Waals surface area contributed by atoms with Crippen molar-refractivity contribution in [3.8, 4) is 17.4 Å². The Kier molecular flexibility index (Phi) is 4.20. The SMILES string of the molecule is c1ccc(CCn2nccc2-c2nccc(OC3CNC3)n2)cc1. The van der Waals surface area contributed by atoms with Crippen LogP contribution in [-0.2, 0) is 13.0 Å². The number of aryl methyl sites for hydroxylation is 2. The first kappa shape index (κ1) is 14.8. The second-order valence-electron chi connectivity index (χ2n) is 5.79. The first-order valence-corrected chi connectivity index (χ1v) is 8.15. The van der Waals surface area contributed by atoms with E-state index in [-0.39, 0.29) is 6.10 Å². The molecule has 0 spiro atoms. The van der Waals surface area contributed by atoms with E-state index in [1.165, 1.54) is 5.56 Å². The van der Waals surface area contributed by atoms with E-state index in [9.17, 15) is 0 Å². The molecule has 3 heterocycles. The smallest absolute Gasteiger partial charge is 0.217 e. The van der Waals surface area contributed by atoms with Gasteiger partial charge in [0.25, 0.3) is 0 Å². The lowest BCUT2D eigenvalue weighted by Crippen LogP contribution is -2.50. The minimum Gasteiger partial charge on any atom is -0.472 e. The van der Waals surface area contributed by atoms with E-state index in [1.807, 2.05) is 16.8 Å². The van der Waals surface area contributed by atoms with Crippen LogP contribution in [0.1, 0.15) is 5.56 Å². The molecule has 6 heteroatoms. The van der Waals surface area contributed by atoms with E-state index in [1.54, 1.807) is 18.5 Å². The van der Waals surface area contributed by atoms with Crippen molar-refractivity contribution in [1.29, 1.82) is 0 Å². The van der Waals surface area contributed by atoms with Gasteiger partial charge >= 0.3 is 0 Å². The van der Waals surface area contributed by atoms with Crippen LogP contribution in [-0.4, -0.2) is 38.9 Å². The van der Waals surface area contributed by atoms with Crippen LogP contribution in [0.4, 0.5) is 0 Å². The first-order valence-electron chi connectivity index (χ1n) is 8.15. The van der Waals surface area contributed by atoms with E-state index in [0.717, 1.165) is 31.7 Å². The molecule has 0 aliphatic carbocycles. The molecule has 1 aliphatic heterocycles. The van der Waals surface area contributed by atoms with Crippen molar-refractivity contribution in [2.24, 2.45) is 0 Å². The van der Waals surface area contributed by atoms with Crippen molar-refractivity contribution in [3.63, 3.8) is 0 Å². The van der Waals surface area contributed by atoms with E-state index >= 15 is 0 Å². The highest BCUT2D eigenvalue weighted by atomic mass is 16.5. The molecule has 4 rings (SSSR count). The van der Waals surface area contributed by atoms with Gasteiger partial charge in [0, 0.05) is 38.1 Å². The van der Waals surface area contributed by atoms with Crippen LogP contribution < -0.4 is 10.1 Å². The second kappa shape index (κ2) is 6.80. The molecular formula is C18H19N5O. The van der Waals surface area contributed by atoms with Crippen LogP contribution in [0.25, 0.3) is 11.5 Å². The molecule has 0 atom stereocenters. The monoisotopic (exact) mass is 321 g/mol. The molecule has 1 saturated heterocycles. The van der Waals surface area contributed by atoms with Crippen LogP contribution in [0.3, 0.4) is 0 Å². The summed E-state index contributed by atoms with van der Waals surface area (Å²) in [5.41, 5.74) is 2.19. The van der Waals surface area contributed by atoms with Gasteiger partial charge in [-0.05, 0) is 18.1 Å². The average molecular weight is 321 g/mol. The van der Waals surface area contributed by atoms with Gasteiger partial charge in [0.05, 0.1) is 0 Å². The van der Waals surface area contributed by atoms with E-state index < -0.39 is 0 Å². The summed E-state index contributed by atoms with van der Waals surface area (Å²) >= 11 is 0. The number of hydrogen-bond acceptors (Lipinski definition) is 5. The van der Waals surface area contributed by atoms with Gasteiger partial charge in [-0.3, -0.25) is 4.68 Å². The van der Waals surface area contributed by atoms with Crippen molar-refractivity contribution in [3.05, 3.63) is 60.4 Å². The summed E-state index contributed by atoms with van der Waals surface area (Å²) in [5, 5.41) is 7.59. The van der Waals surface area contributed by atoms with Crippen molar-refractivity contribution in [2.45, 2.75) is 19.1 Å². The number of nitrogens with zero attached hydrogens (tertiary/aromatic N) is 4. The van der Waals surface area contributed by atoms with E-state index in [4.69, 9.17) is 4.74 Å². The lowest BCUT2D eigenvalue weighted by molar-refractivity contribution is 0.136. The summed E-state index contributed by atoms with van der Waals surface area (Å²) < 4.78 is 7.76. The fourth-order valence-electron chi connectivity index (χ4n) is 2.63. The lowest BCUT2D eigenvalue weighted by Gasteiger charge is -2.27. The third kappa shape index (κ3) is 3.28. The highest BCUT2D eigenvalue weighted by molar-refractivity contribution is 5.49. The van der Waals surface area contributed by atoms with Crippen LogP contribution >= 0.6 is 0 Å². The molecule has 0 radical (unpaired) electrons. The Hall–Kier alpha value is -2.73. The van der Waals surface area contributed by atoms with Gasteiger partial charge in [-0.1, -0.05) is 30.3 Å². The zero-order valence-electron chi connectivity index (χ0n) is 13.3. The number of nitrogens with one attached hydrogen (secondary N) is 1. The van der Waals surface area contributed by atoms with Crippen molar-refractivity contribution in [2.75, 3.05) is 13.1 Å². The molecule has 0 bridgehead atoms. The second-order valence-corrected chi connectivity index (χ2v) is 5.79. The average Bonchev–Trinajstić information content (AvgIpc) is 3.06. The summed E-state index contributed by atoms with van der Waals surface area (Å²) in [5.74, 6) is 1.26. The Balaban J connectivity index is 1.50. The Morgan fingerprint density at radius 2 is 1.96 bits per heavy atom. The molecule has 2 aromatic heterocycles. The maximum Gasteiger partial charge on any atom is 0.217 e. The minimum absolute atomic E-state index is 0.204. The molecule has 122 valence electrons. The maximum absolute atomic E-state index is 5.81. The summed E-state index contributed by atoms with van der Waals surface area (Å²) in [6.45, 7) is 2.52. The molecule has 6 nitrogen and oxygen atoms in total. The fourth-order valence-corrected chi connectivity index (χ4v) is 2.63. The minimum atomic E-state index is 0.204. The zero-order valence-corrected chi connectivity index (χ0v) is 13.3. The number of rotatable bonds is 6. The lowest BCUT2D eigenvalue weighted by atomic mass is 10.1. The predicted octanol–water partition coefficient (Wildman–Crippen LogP) is 1.93. The number of benzene rings is 1. The normalized spacial score (nSPS) is 14.3. The highest BCUT2D eigenvalue weighted by Gasteiger charge is 2.19. The van der Waals surface area contributed by atoms with Gasteiger partial charge in [-0.15, -0.1) is 0 Å². The molecule has 1 aromatic carbocycles. The molecule has 3 aromatic rings. The Labute approximate surface area is 140 Å². The Morgan fingerprint density at radius 1 is 1.08 bits per heavy atom. The van der Waals surface area contributed by atoms with Gasteiger partial charge < -0.3 is 10.1 Å². The molecule has 0 unspecified atom stereocenters. The highest BCUT2D eigenvalue weighted by Crippen LogP contribution is 2.18. The predicted molar refractivity (Wildman–Crippen MR) is 90.7 cm³/mol. The van der Waals surface area contributed by atoms with E-state index in [2.05, 4.69) is 44.6 Å². The molecular weight excluding hydrogens is 302 g/mol. The van der Waals surface area contributed by atoms with Crippen LogP contribution in [0.5, 0.6) is 5.88 Å². The van der Waals surface area contributed by atoms with Crippen molar-refractivity contribution >= 4 is 0 Å². The van der Waals surface area contributed by atoms with Crippen LogP contribution in [0.2, 0.25) is 0 Å². The van der Waals surface area contributed by atoms with Crippen molar-refractivity contribution in [1.82, 2.24) is 25.1 Å². The number of hydrogen-bond donors (Lipinski definition) is 1. The summed E-state index contributed by atoms with van der Waals surface area (Å²) in [6, 6.07) is 14.1. The molecule has 1 N–H and O–H groups in total. The largest absolute Gasteiger partial charge is 0.472 e. The molecule has 0 amide bonds. The Bertz CT molecular complexity index is 798. The fraction of sp³-hybridized carbons (Fsp3) is 0.278. The molecule has 1 fully saturated rings. The first-order chi connectivity index (χ1) is 11.9. The Morgan fingerprint density at radius 3 is 2.75 bits per heavy atom. The van der Waals surface area contributed by atoms with Gasteiger partial charge in [0.15, 0.2) is 5.82 Å². The molecule has 0 saturated carbocycles. The summed E-state index contributed by atoms with van der Waals surface area (Å²) in [4.78, 5) is 8.91. The van der Waals surface area contributed by atoms with Gasteiger partial charge in [-0.25, -0.2) is 4.98 Å². The molecule has 1 aliphatic rings. The summed E-state index contributed by atoms with van der Waals surface area (Å²) in [6.07, 6.45) is 4.64. The quantitative estimate of drug-likeness (QED) is 0.751. The third-order valence-electron chi connectivity index (χ3n) is 4.06. The van der Waals surface area contributed by atoms with Crippen LogP contribution in [0, 0.1) is 0 Å². The third-order valence-corrected chi connectivity index (χ3v) is 4.06. The zero-order chi connectivity index (χ0) is 16.2.